The summed E-state index contributed by atoms with van der Waals surface area (Å²) in [6.07, 6.45) is 2.55. The van der Waals surface area contributed by atoms with Gasteiger partial charge in [-0.1, -0.05) is 17.7 Å². The Morgan fingerprint density at radius 2 is 2.00 bits per heavy atom. The number of carbonyl (C=O) groups excluding carboxylic acids is 1. The lowest BCUT2D eigenvalue weighted by molar-refractivity contribution is -0.130. The number of benzene rings is 1. The number of halogens is 1. The van der Waals surface area contributed by atoms with Crippen LogP contribution >= 0.6 is 12.4 Å². The lowest BCUT2D eigenvalue weighted by Crippen LogP contribution is -2.36. The zero-order chi connectivity index (χ0) is 17.6. The van der Waals surface area contributed by atoms with Gasteiger partial charge in [-0.2, -0.15) is 0 Å². The maximum Gasteiger partial charge on any atom is 0.240 e. The van der Waals surface area contributed by atoms with Gasteiger partial charge in [0.2, 0.25) is 15.9 Å². The van der Waals surface area contributed by atoms with E-state index in [1.807, 2.05) is 6.92 Å². The minimum Gasteiger partial charge on any atom is -0.344 e. The molecule has 1 saturated heterocycles. The Hall–Kier alpha value is -1.15. The van der Waals surface area contributed by atoms with E-state index < -0.39 is 10.0 Å². The molecule has 0 bridgehead atoms. The molecule has 0 aromatic heterocycles. The fourth-order valence-electron chi connectivity index (χ4n) is 2.75. The lowest BCUT2D eigenvalue weighted by atomic mass is 10.0. The highest BCUT2D eigenvalue weighted by Gasteiger charge is 2.18. The summed E-state index contributed by atoms with van der Waals surface area (Å²) >= 11 is 0. The molecule has 142 valence electrons. The second kappa shape index (κ2) is 10.1. The minimum absolute atomic E-state index is 0. The predicted octanol–water partition coefficient (Wildman–Crippen LogP) is 1.54. The summed E-state index contributed by atoms with van der Waals surface area (Å²) in [4.78, 5) is 13.9. The van der Waals surface area contributed by atoms with Crippen LogP contribution < -0.4 is 10.0 Å². The molecular formula is C17H28ClN3O3S. The van der Waals surface area contributed by atoms with Crippen molar-refractivity contribution in [2.24, 2.45) is 5.92 Å². The van der Waals surface area contributed by atoms with Gasteiger partial charge in [0.1, 0.15) is 0 Å². The minimum atomic E-state index is -3.52. The second-order valence-electron chi connectivity index (χ2n) is 6.42. The van der Waals surface area contributed by atoms with Crippen LogP contribution in [-0.4, -0.2) is 52.5 Å². The second-order valence-corrected chi connectivity index (χ2v) is 8.19. The highest BCUT2D eigenvalue weighted by atomic mass is 35.5. The summed E-state index contributed by atoms with van der Waals surface area (Å²) in [5.41, 5.74) is 1.01. The molecule has 1 unspecified atom stereocenters. The van der Waals surface area contributed by atoms with Crippen molar-refractivity contribution in [3.8, 4) is 0 Å². The van der Waals surface area contributed by atoms with Gasteiger partial charge < -0.3 is 10.2 Å². The van der Waals surface area contributed by atoms with E-state index in [-0.39, 0.29) is 29.8 Å². The number of likely N-dealkylation sites (N-methyl/N-ethyl adjacent to an activating group) is 1. The molecule has 2 N–H and O–H groups in total. The maximum atomic E-state index is 12.2. The molecule has 1 amide bonds. The molecule has 1 heterocycles. The van der Waals surface area contributed by atoms with Gasteiger partial charge in [0.15, 0.2) is 0 Å². The van der Waals surface area contributed by atoms with Crippen LogP contribution in [0, 0.1) is 12.8 Å². The van der Waals surface area contributed by atoms with Crippen LogP contribution in [-0.2, 0) is 14.8 Å². The monoisotopic (exact) mass is 389 g/mol. The zero-order valence-corrected chi connectivity index (χ0v) is 16.5. The summed E-state index contributed by atoms with van der Waals surface area (Å²) in [5.74, 6) is 0.652. The average molecular weight is 390 g/mol. The number of hydrogen-bond donors (Lipinski definition) is 2. The fourth-order valence-corrected chi connectivity index (χ4v) is 3.77. The first-order chi connectivity index (χ1) is 11.4. The standard InChI is InChI=1S/C17H27N3O3S.ClH/c1-14-3-6-16(7-4-14)24(22,23)19-11-12-20(2)17(21)8-5-15-9-10-18-13-15;/h3-4,6-7,15,18-19H,5,8-13H2,1-2H3;1H. The molecule has 0 spiro atoms. The van der Waals surface area contributed by atoms with E-state index in [0.717, 1.165) is 31.5 Å². The van der Waals surface area contributed by atoms with Crippen molar-refractivity contribution in [1.29, 1.82) is 0 Å². The normalized spacial score (nSPS) is 17.1. The van der Waals surface area contributed by atoms with E-state index in [0.29, 0.717) is 18.9 Å². The van der Waals surface area contributed by atoms with Crippen molar-refractivity contribution in [3.05, 3.63) is 29.8 Å². The maximum absolute atomic E-state index is 12.2. The number of hydrogen-bond acceptors (Lipinski definition) is 4. The molecule has 0 aliphatic carbocycles. The molecule has 25 heavy (non-hydrogen) atoms. The van der Waals surface area contributed by atoms with E-state index in [4.69, 9.17) is 0 Å². The van der Waals surface area contributed by atoms with Gasteiger partial charge in [0.25, 0.3) is 0 Å². The Balaban J connectivity index is 0.00000312. The molecule has 1 aromatic carbocycles. The van der Waals surface area contributed by atoms with Crippen LogP contribution in [0.1, 0.15) is 24.8 Å². The van der Waals surface area contributed by atoms with Crippen molar-refractivity contribution in [3.63, 3.8) is 0 Å². The Kier molecular flexibility index (Phi) is 8.85. The summed E-state index contributed by atoms with van der Waals surface area (Å²) in [7, 11) is -1.80. The number of carbonyl (C=O) groups is 1. The van der Waals surface area contributed by atoms with Crippen LogP contribution in [0.4, 0.5) is 0 Å². The molecule has 1 aliphatic heterocycles. The molecule has 0 saturated carbocycles. The summed E-state index contributed by atoms with van der Waals surface area (Å²) in [6.45, 7) is 4.52. The highest BCUT2D eigenvalue weighted by Crippen LogP contribution is 2.15. The fraction of sp³-hybridized carbons (Fsp3) is 0.588. The first-order valence-electron chi connectivity index (χ1n) is 8.39. The molecule has 1 fully saturated rings. The first-order valence-corrected chi connectivity index (χ1v) is 9.88. The van der Waals surface area contributed by atoms with Crippen LogP contribution in [0.2, 0.25) is 0 Å². The van der Waals surface area contributed by atoms with Crippen LogP contribution in [0.3, 0.4) is 0 Å². The van der Waals surface area contributed by atoms with Crippen molar-refractivity contribution in [2.75, 3.05) is 33.2 Å². The number of amides is 1. The van der Waals surface area contributed by atoms with Crippen molar-refractivity contribution < 1.29 is 13.2 Å². The van der Waals surface area contributed by atoms with Crippen LogP contribution in [0.5, 0.6) is 0 Å². The summed E-state index contributed by atoms with van der Waals surface area (Å²) < 4.78 is 26.9. The SMILES string of the molecule is Cc1ccc(S(=O)(=O)NCCN(C)C(=O)CCC2CCNC2)cc1.Cl. The van der Waals surface area contributed by atoms with Gasteiger partial charge in [0.05, 0.1) is 4.90 Å². The number of sulfonamides is 1. The van der Waals surface area contributed by atoms with Crippen molar-refractivity contribution in [1.82, 2.24) is 14.9 Å². The lowest BCUT2D eigenvalue weighted by Gasteiger charge is -2.18. The van der Waals surface area contributed by atoms with Gasteiger partial charge in [-0.25, -0.2) is 13.1 Å². The quantitative estimate of drug-likeness (QED) is 0.707. The van der Waals surface area contributed by atoms with Crippen molar-refractivity contribution in [2.45, 2.75) is 31.1 Å². The molecule has 0 radical (unpaired) electrons. The predicted molar refractivity (Wildman–Crippen MR) is 101 cm³/mol. The Labute approximate surface area is 156 Å². The summed E-state index contributed by atoms with van der Waals surface area (Å²) in [5, 5.41) is 3.29. The van der Waals surface area contributed by atoms with E-state index in [1.54, 1.807) is 36.2 Å². The Bertz CT molecular complexity index is 644. The average Bonchev–Trinajstić information content (AvgIpc) is 3.06. The van der Waals surface area contributed by atoms with Crippen LogP contribution in [0.15, 0.2) is 29.2 Å². The Morgan fingerprint density at radius 3 is 2.60 bits per heavy atom. The molecule has 1 aliphatic rings. The molecule has 2 rings (SSSR count). The molecule has 8 heteroatoms. The van der Waals surface area contributed by atoms with Crippen molar-refractivity contribution >= 4 is 28.3 Å². The number of nitrogens with one attached hydrogen (secondary N) is 2. The van der Waals surface area contributed by atoms with Gasteiger partial charge >= 0.3 is 0 Å². The molecule has 6 nitrogen and oxygen atoms in total. The molecule has 1 aromatic rings. The summed E-state index contributed by atoms with van der Waals surface area (Å²) in [6, 6.07) is 6.70. The third-order valence-corrected chi connectivity index (χ3v) is 5.90. The highest BCUT2D eigenvalue weighted by molar-refractivity contribution is 7.89. The first kappa shape index (κ1) is 21.9. The number of nitrogens with zero attached hydrogens (tertiary/aromatic N) is 1. The van der Waals surface area contributed by atoms with Crippen LogP contribution in [0.25, 0.3) is 0 Å². The van der Waals surface area contributed by atoms with Gasteiger partial charge in [0, 0.05) is 26.6 Å². The van der Waals surface area contributed by atoms with Gasteiger partial charge in [-0.05, 0) is 50.9 Å². The topological polar surface area (TPSA) is 78.5 Å². The van der Waals surface area contributed by atoms with Gasteiger partial charge in [-0.15, -0.1) is 12.4 Å². The smallest absolute Gasteiger partial charge is 0.240 e. The Morgan fingerprint density at radius 1 is 1.32 bits per heavy atom. The molecular weight excluding hydrogens is 362 g/mol. The van der Waals surface area contributed by atoms with E-state index in [9.17, 15) is 13.2 Å². The van der Waals surface area contributed by atoms with Gasteiger partial charge in [-0.3, -0.25) is 4.79 Å². The van der Waals surface area contributed by atoms with E-state index in [2.05, 4.69) is 10.0 Å². The third kappa shape index (κ3) is 6.93. The van der Waals surface area contributed by atoms with E-state index in [1.165, 1.54) is 0 Å². The van der Waals surface area contributed by atoms with E-state index >= 15 is 0 Å². The number of rotatable bonds is 8. The molecule has 1 atom stereocenters. The number of aryl methyl sites for hydroxylation is 1. The largest absolute Gasteiger partial charge is 0.344 e. The zero-order valence-electron chi connectivity index (χ0n) is 14.8. The third-order valence-electron chi connectivity index (χ3n) is 4.43.